The largest absolute Gasteiger partial charge is 0.507 e. The minimum Gasteiger partial charge on any atom is -0.507 e. The van der Waals surface area contributed by atoms with E-state index in [1.54, 1.807) is 43.6 Å². The van der Waals surface area contributed by atoms with Crippen LogP contribution < -0.4 is 10.5 Å². The van der Waals surface area contributed by atoms with Gasteiger partial charge >= 0.3 is 0 Å². The Bertz CT molecular complexity index is 1160. The average molecular weight is 408 g/mol. The SMILES string of the molecule is CN(c1ccc(-c2cc3c(=O)n(C)ccc3cc2O)nn1)[C@H]1C[C@@H]2CC[C@@H](C2)[C@H]1F. The number of aromatic nitrogens is 3. The van der Waals surface area contributed by atoms with E-state index in [1.165, 1.54) is 4.57 Å². The van der Waals surface area contributed by atoms with E-state index in [0.717, 1.165) is 25.7 Å². The van der Waals surface area contributed by atoms with Gasteiger partial charge in [-0.15, -0.1) is 10.2 Å². The minimum absolute atomic E-state index is 0.0406. The number of aryl methyl sites for hydroxylation is 1. The molecule has 156 valence electrons. The van der Waals surface area contributed by atoms with Crippen LogP contribution in [0.4, 0.5) is 10.2 Å². The first-order valence-corrected chi connectivity index (χ1v) is 10.5. The summed E-state index contributed by atoms with van der Waals surface area (Å²) in [6, 6.07) is 8.40. The zero-order valence-corrected chi connectivity index (χ0v) is 17.1. The molecule has 2 aliphatic rings. The molecule has 3 aromatic rings. The number of hydrogen-bond acceptors (Lipinski definition) is 5. The molecule has 0 aliphatic heterocycles. The number of phenols is 1. The summed E-state index contributed by atoms with van der Waals surface area (Å²) in [4.78, 5) is 14.3. The van der Waals surface area contributed by atoms with E-state index in [4.69, 9.17) is 0 Å². The predicted octanol–water partition coefficient (Wildman–Crippen LogP) is 3.66. The van der Waals surface area contributed by atoms with Crippen LogP contribution in [-0.4, -0.2) is 39.1 Å². The maximum Gasteiger partial charge on any atom is 0.258 e. The summed E-state index contributed by atoms with van der Waals surface area (Å²) in [6.07, 6.45) is 4.81. The summed E-state index contributed by atoms with van der Waals surface area (Å²) in [6.45, 7) is 0. The van der Waals surface area contributed by atoms with Gasteiger partial charge in [0.15, 0.2) is 5.82 Å². The molecule has 6 nitrogen and oxygen atoms in total. The standard InChI is InChI=1S/C23H25FN4O2/c1-27-8-7-14-11-20(29)17(12-16(14)23(27)30)18-5-6-21(26-25-18)28(2)19-10-13-3-4-15(9-13)22(19)24/h5-8,11-13,15,19,22,29H,3-4,9-10H2,1-2H3/t13-,15+,19+,22-/m1/s1. The predicted molar refractivity (Wildman–Crippen MR) is 114 cm³/mol. The second kappa shape index (κ2) is 7.07. The first kappa shape index (κ1) is 19.0. The molecular weight excluding hydrogens is 383 g/mol. The highest BCUT2D eigenvalue weighted by Gasteiger charge is 2.44. The number of phenolic OH excluding ortho intramolecular Hbond substituents is 1. The van der Waals surface area contributed by atoms with Gasteiger partial charge in [-0.2, -0.15) is 0 Å². The van der Waals surface area contributed by atoms with Crippen LogP contribution in [-0.2, 0) is 7.05 Å². The maximum atomic E-state index is 14.9. The van der Waals surface area contributed by atoms with Gasteiger partial charge in [0.1, 0.15) is 11.9 Å². The molecule has 4 atom stereocenters. The Kier molecular flexibility index (Phi) is 4.49. The normalized spacial score (nSPS) is 25.6. The van der Waals surface area contributed by atoms with Gasteiger partial charge in [0.2, 0.25) is 0 Å². The number of halogens is 1. The smallest absolute Gasteiger partial charge is 0.258 e. The highest BCUT2D eigenvalue weighted by Crippen LogP contribution is 2.45. The Labute approximate surface area is 174 Å². The number of alkyl halides is 1. The Morgan fingerprint density at radius 3 is 2.77 bits per heavy atom. The van der Waals surface area contributed by atoms with Crippen LogP contribution in [0.2, 0.25) is 0 Å². The van der Waals surface area contributed by atoms with Crippen LogP contribution in [0.5, 0.6) is 5.75 Å². The summed E-state index contributed by atoms with van der Waals surface area (Å²) in [5, 5.41) is 20.2. The van der Waals surface area contributed by atoms with Crippen LogP contribution in [0.25, 0.3) is 22.0 Å². The second-order valence-electron chi connectivity index (χ2n) is 8.76. The Hall–Kier alpha value is -2.96. The number of anilines is 1. The fourth-order valence-corrected chi connectivity index (χ4v) is 5.18. The molecule has 2 heterocycles. The number of pyridine rings is 1. The number of benzene rings is 1. The zero-order valence-electron chi connectivity index (χ0n) is 17.1. The third kappa shape index (κ3) is 3.04. The molecular formula is C23H25FN4O2. The van der Waals surface area contributed by atoms with Crippen molar-refractivity contribution in [2.45, 2.75) is 37.9 Å². The van der Waals surface area contributed by atoms with Gasteiger partial charge in [-0.25, -0.2) is 4.39 Å². The van der Waals surface area contributed by atoms with E-state index in [0.29, 0.717) is 33.8 Å². The average Bonchev–Trinajstić information content (AvgIpc) is 3.16. The van der Waals surface area contributed by atoms with Crippen LogP contribution in [0.15, 0.2) is 41.3 Å². The van der Waals surface area contributed by atoms with Gasteiger partial charge < -0.3 is 14.6 Å². The lowest BCUT2D eigenvalue weighted by atomic mass is 9.83. The van der Waals surface area contributed by atoms with E-state index in [2.05, 4.69) is 10.2 Å². The maximum absolute atomic E-state index is 14.9. The molecule has 2 aromatic heterocycles. The molecule has 2 aliphatic carbocycles. The third-order valence-electron chi connectivity index (χ3n) is 6.96. The molecule has 1 aromatic carbocycles. The molecule has 0 saturated heterocycles. The molecule has 0 spiro atoms. The minimum atomic E-state index is -0.837. The number of nitrogens with zero attached hydrogens (tertiary/aromatic N) is 4. The Balaban J connectivity index is 1.46. The van der Waals surface area contributed by atoms with Gasteiger partial charge in [0.25, 0.3) is 5.56 Å². The fourth-order valence-electron chi connectivity index (χ4n) is 5.18. The molecule has 5 rings (SSSR count). The van der Waals surface area contributed by atoms with Gasteiger partial charge in [-0.05, 0) is 73.2 Å². The summed E-state index contributed by atoms with van der Waals surface area (Å²) < 4.78 is 16.4. The number of hydrogen-bond donors (Lipinski definition) is 1. The number of rotatable bonds is 3. The van der Waals surface area contributed by atoms with Gasteiger partial charge in [0, 0.05) is 31.2 Å². The third-order valence-corrected chi connectivity index (χ3v) is 6.96. The molecule has 7 heteroatoms. The Morgan fingerprint density at radius 2 is 2.00 bits per heavy atom. The van der Waals surface area contributed by atoms with E-state index >= 15 is 0 Å². The first-order valence-electron chi connectivity index (χ1n) is 10.5. The molecule has 0 unspecified atom stereocenters. The zero-order chi connectivity index (χ0) is 21.0. The topological polar surface area (TPSA) is 71.2 Å². The lowest BCUT2D eigenvalue weighted by Crippen LogP contribution is -2.46. The Morgan fingerprint density at radius 1 is 1.17 bits per heavy atom. The van der Waals surface area contributed by atoms with Crippen molar-refractivity contribution in [1.29, 1.82) is 0 Å². The van der Waals surface area contributed by atoms with Gasteiger partial charge in [-0.3, -0.25) is 4.79 Å². The van der Waals surface area contributed by atoms with E-state index < -0.39 is 6.17 Å². The number of aromatic hydroxyl groups is 1. The summed E-state index contributed by atoms with van der Waals surface area (Å²) in [7, 11) is 3.57. The van der Waals surface area contributed by atoms with Crippen LogP contribution in [0.3, 0.4) is 0 Å². The summed E-state index contributed by atoms with van der Waals surface area (Å²) >= 11 is 0. The van der Waals surface area contributed by atoms with E-state index in [1.807, 2.05) is 11.9 Å². The molecule has 0 radical (unpaired) electrons. The monoisotopic (exact) mass is 408 g/mol. The fraction of sp³-hybridized carbons (Fsp3) is 0.435. The highest BCUT2D eigenvalue weighted by atomic mass is 19.1. The first-order chi connectivity index (χ1) is 14.4. The van der Waals surface area contributed by atoms with E-state index in [-0.39, 0.29) is 23.3 Å². The van der Waals surface area contributed by atoms with Crippen molar-refractivity contribution >= 4 is 16.6 Å². The highest BCUT2D eigenvalue weighted by molar-refractivity contribution is 5.89. The van der Waals surface area contributed by atoms with Crippen LogP contribution >= 0.6 is 0 Å². The second-order valence-corrected chi connectivity index (χ2v) is 8.76. The van der Waals surface area contributed by atoms with Crippen LogP contribution in [0, 0.1) is 11.8 Å². The van der Waals surface area contributed by atoms with Crippen molar-refractivity contribution in [3.63, 3.8) is 0 Å². The van der Waals surface area contributed by atoms with Crippen molar-refractivity contribution in [2.24, 2.45) is 18.9 Å². The van der Waals surface area contributed by atoms with Crippen molar-refractivity contribution < 1.29 is 9.50 Å². The van der Waals surface area contributed by atoms with Crippen LogP contribution in [0.1, 0.15) is 25.7 Å². The van der Waals surface area contributed by atoms with Gasteiger partial charge in [0.05, 0.1) is 11.7 Å². The lowest BCUT2D eigenvalue weighted by molar-refractivity contribution is 0.144. The van der Waals surface area contributed by atoms with Crippen molar-refractivity contribution in [1.82, 2.24) is 14.8 Å². The van der Waals surface area contributed by atoms with Gasteiger partial charge in [-0.1, -0.05) is 0 Å². The molecule has 0 amide bonds. The molecule has 2 fully saturated rings. The van der Waals surface area contributed by atoms with E-state index in [9.17, 15) is 14.3 Å². The summed E-state index contributed by atoms with van der Waals surface area (Å²) in [5.41, 5.74) is 0.781. The quantitative estimate of drug-likeness (QED) is 0.716. The molecule has 2 saturated carbocycles. The molecule has 1 N–H and O–H groups in total. The van der Waals surface area contributed by atoms with Crippen molar-refractivity contribution in [3.05, 3.63) is 46.9 Å². The summed E-state index contributed by atoms with van der Waals surface area (Å²) in [5.74, 6) is 1.43. The van der Waals surface area contributed by atoms with Crippen molar-refractivity contribution in [2.75, 3.05) is 11.9 Å². The van der Waals surface area contributed by atoms with Crippen molar-refractivity contribution in [3.8, 4) is 17.0 Å². The lowest BCUT2D eigenvalue weighted by Gasteiger charge is -2.38. The molecule has 2 bridgehead atoms. The molecule has 30 heavy (non-hydrogen) atoms. The number of fused-ring (bicyclic) bond motifs is 3.